The van der Waals surface area contributed by atoms with Gasteiger partial charge in [-0.1, -0.05) is 18.2 Å². The summed E-state index contributed by atoms with van der Waals surface area (Å²) in [5.74, 6) is 0.810. The summed E-state index contributed by atoms with van der Waals surface area (Å²) in [6, 6.07) is 10.0. The van der Waals surface area contributed by atoms with Crippen LogP contribution in [0.15, 0.2) is 46.3 Å². The number of rotatable bonds is 5. The predicted molar refractivity (Wildman–Crippen MR) is 91.2 cm³/mol. The topological polar surface area (TPSA) is 66.7 Å². The van der Waals surface area contributed by atoms with Gasteiger partial charge in [0.05, 0.1) is 16.9 Å². The number of aromatic amines is 1. The second-order valence-electron chi connectivity index (χ2n) is 5.38. The van der Waals surface area contributed by atoms with Crippen LogP contribution in [0.5, 0.6) is 0 Å². The highest BCUT2D eigenvalue weighted by atomic mass is 32.1. The van der Waals surface area contributed by atoms with E-state index in [1.165, 1.54) is 0 Å². The molecule has 3 heterocycles. The van der Waals surface area contributed by atoms with Crippen LogP contribution in [0.25, 0.3) is 22.4 Å². The first-order chi connectivity index (χ1) is 11.3. The molecule has 116 valence electrons. The minimum Gasteiger partial charge on any atom is -0.454 e. The van der Waals surface area contributed by atoms with Gasteiger partial charge in [-0.05, 0) is 19.1 Å². The van der Waals surface area contributed by atoms with E-state index >= 15 is 0 Å². The van der Waals surface area contributed by atoms with Crippen LogP contribution >= 0.6 is 11.3 Å². The molecule has 0 amide bonds. The van der Waals surface area contributed by atoms with Crippen LogP contribution in [0.1, 0.15) is 16.3 Å². The van der Waals surface area contributed by atoms with Gasteiger partial charge in [0.2, 0.25) is 0 Å². The highest BCUT2D eigenvalue weighted by Crippen LogP contribution is 2.28. The number of aryl methyl sites for hydroxylation is 1. The normalized spacial score (nSPS) is 11.3. The lowest BCUT2D eigenvalue weighted by molar-refractivity contribution is 0.624. The maximum absolute atomic E-state index is 5.91. The number of aromatic nitrogens is 3. The number of H-pyrrole nitrogens is 1. The smallest absolute Gasteiger partial charge is 0.153 e. The Balaban J connectivity index is 1.51. The second-order valence-corrected chi connectivity index (χ2v) is 6.44. The zero-order valence-electron chi connectivity index (χ0n) is 12.7. The van der Waals surface area contributed by atoms with Crippen molar-refractivity contribution < 1.29 is 4.42 Å². The van der Waals surface area contributed by atoms with Crippen LogP contribution < -0.4 is 5.32 Å². The van der Waals surface area contributed by atoms with Crippen LogP contribution in [0.3, 0.4) is 0 Å². The van der Waals surface area contributed by atoms with Gasteiger partial charge in [0.15, 0.2) is 5.76 Å². The van der Waals surface area contributed by atoms with Crippen molar-refractivity contribution in [1.82, 2.24) is 20.5 Å². The molecule has 0 unspecified atom stereocenters. The molecule has 0 bridgehead atoms. The monoisotopic (exact) mass is 324 g/mol. The molecule has 0 saturated carbocycles. The summed E-state index contributed by atoms with van der Waals surface area (Å²) >= 11 is 1.67. The summed E-state index contributed by atoms with van der Waals surface area (Å²) in [5.41, 5.74) is 3.95. The molecule has 0 atom stereocenters. The summed E-state index contributed by atoms with van der Waals surface area (Å²) in [6.45, 7) is 3.47. The Labute approximate surface area is 137 Å². The molecule has 4 rings (SSSR count). The number of thiazole rings is 1. The number of nitrogens with one attached hydrogen (secondary N) is 2. The average Bonchev–Trinajstić information content (AvgIpc) is 3.26. The number of benzene rings is 1. The number of furan rings is 1. The highest BCUT2D eigenvalue weighted by molar-refractivity contribution is 7.09. The summed E-state index contributed by atoms with van der Waals surface area (Å²) in [4.78, 5) is 4.45. The maximum atomic E-state index is 5.91. The Bertz CT molecular complexity index is 904. The van der Waals surface area contributed by atoms with E-state index in [1.54, 1.807) is 11.3 Å². The fourth-order valence-electron chi connectivity index (χ4n) is 2.58. The van der Waals surface area contributed by atoms with E-state index in [2.05, 4.69) is 25.9 Å². The highest BCUT2D eigenvalue weighted by Gasteiger charge is 2.12. The van der Waals surface area contributed by atoms with Gasteiger partial charge in [-0.3, -0.25) is 5.10 Å². The van der Waals surface area contributed by atoms with Crippen molar-refractivity contribution in [2.75, 3.05) is 0 Å². The molecule has 0 spiro atoms. The molecule has 0 aliphatic carbocycles. The van der Waals surface area contributed by atoms with Crippen LogP contribution in [-0.4, -0.2) is 15.2 Å². The van der Waals surface area contributed by atoms with E-state index < -0.39 is 0 Å². The van der Waals surface area contributed by atoms with Gasteiger partial charge in [-0.2, -0.15) is 5.10 Å². The number of hydrogen-bond donors (Lipinski definition) is 2. The molecule has 0 aliphatic heterocycles. The predicted octanol–water partition coefficient (Wildman–Crippen LogP) is 3.88. The lowest BCUT2D eigenvalue weighted by Gasteiger charge is -2.02. The number of fused-ring (bicyclic) bond motifs is 1. The van der Waals surface area contributed by atoms with Gasteiger partial charge in [0, 0.05) is 29.4 Å². The zero-order valence-corrected chi connectivity index (χ0v) is 13.5. The zero-order chi connectivity index (χ0) is 15.6. The van der Waals surface area contributed by atoms with E-state index in [4.69, 9.17) is 4.42 Å². The van der Waals surface area contributed by atoms with E-state index in [9.17, 15) is 0 Å². The minimum absolute atomic E-state index is 0.708. The average molecular weight is 324 g/mol. The molecule has 0 radical (unpaired) electrons. The van der Waals surface area contributed by atoms with E-state index in [0.29, 0.717) is 6.54 Å². The molecule has 4 aromatic rings. The van der Waals surface area contributed by atoms with Gasteiger partial charge < -0.3 is 9.73 Å². The molecule has 0 saturated heterocycles. The Morgan fingerprint density at radius 2 is 2.17 bits per heavy atom. The third-order valence-corrected chi connectivity index (χ3v) is 4.50. The van der Waals surface area contributed by atoms with Crippen molar-refractivity contribution in [2.45, 2.75) is 20.0 Å². The van der Waals surface area contributed by atoms with Gasteiger partial charge in [-0.15, -0.1) is 11.3 Å². The Kier molecular flexibility index (Phi) is 3.69. The molecular weight excluding hydrogens is 308 g/mol. The summed E-state index contributed by atoms with van der Waals surface area (Å²) in [5, 5.41) is 14.9. The van der Waals surface area contributed by atoms with Gasteiger partial charge in [0.25, 0.3) is 0 Å². The third-order valence-electron chi connectivity index (χ3n) is 3.68. The van der Waals surface area contributed by atoms with Crippen molar-refractivity contribution in [3.8, 4) is 11.5 Å². The number of para-hydroxylation sites is 1. The lowest BCUT2D eigenvalue weighted by atomic mass is 10.2. The van der Waals surface area contributed by atoms with Gasteiger partial charge in [-0.25, -0.2) is 4.98 Å². The fourth-order valence-corrected chi connectivity index (χ4v) is 3.19. The first kappa shape index (κ1) is 14.2. The number of nitrogens with zero attached hydrogens (tertiary/aromatic N) is 2. The Morgan fingerprint density at radius 3 is 3.00 bits per heavy atom. The summed E-state index contributed by atoms with van der Waals surface area (Å²) < 4.78 is 5.91. The third kappa shape index (κ3) is 2.91. The molecule has 2 N–H and O–H groups in total. The van der Waals surface area contributed by atoms with Crippen LogP contribution in [0.4, 0.5) is 0 Å². The molecular formula is C17H16N4OS. The van der Waals surface area contributed by atoms with Crippen molar-refractivity contribution >= 4 is 22.3 Å². The van der Waals surface area contributed by atoms with Gasteiger partial charge in [0.1, 0.15) is 11.3 Å². The fraction of sp³-hybridized carbons (Fsp3) is 0.176. The molecule has 23 heavy (non-hydrogen) atoms. The molecule has 1 aromatic carbocycles. The van der Waals surface area contributed by atoms with Crippen molar-refractivity contribution in [1.29, 1.82) is 0 Å². The molecule has 6 heteroatoms. The summed E-state index contributed by atoms with van der Waals surface area (Å²) in [6.07, 6.45) is 1.84. The SMILES string of the molecule is Cc1nc(CNCc2cn[nH]c2-c2cc3ccccc3o2)cs1. The largest absolute Gasteiger partial charge is 0.454 e. The first-order valence-corrected chi connectivity index (χ1v) is 8.30. The van der Waals surface area contributed by atoms with Crippen molar-refractivity contribution in [3.05, 3.63) is 58.2 Å². The van der Waals surface area contributed by atoms with Gasteiger partial charge >= 0.3 is 0 Å². The maximum Gasteiger partial charge on any atom is 0.153 e. The van der Waals surface area contributed by atoms with Crippen LogP contribution in [0.2, 0.25) is 0 Å². The van der Waals surface area contributed by atoms with E-state index in [-0.39, 0.29) is 0 Å². The molecule has 3 aromatic heterocycles. The molecule has 5 nitrogen and oxygen atoms in total. The molecule has 0 aliphatic rings. The molecule has 0 fully saturated rings. The number of hydrogen-bond acceptors (Lipinski definition) is 5. The standard InChI is InChI=1S/C17H16N4OS/c1-11-20-14(10-23-11)9-18-7-13-8-19-21-17(13)16-6-12-4-2-3-5-15(12)22-16/h2-6,8,10,18H,7,9H2,1H3,(H,19,21). The van der Waals surface area contributed by atoms with Crippen LogP contribution in [0, 0.1) is 6.92 Å². The summed E-state index contributed by atoms with van der Waals surface area (Å²) in [7, 11) is 0. The Morgan fingerprint density at radius 1 is 1.26 bits per heavy atom. The first-order valence-electron chi connectivity index (χ1n) is 7.42. The van der Waals surface area contributed by atoms with Crippen molar-refractivity contribution in [3.63, 3.8) is 0 Å². The quantitative estimate of drug-likeness (QED) is 0.585. The lowest BCUT2D eigenvalue weighted by Crippen LogP contribution is -2.13. The minimum atomic E-state index is 0.708. The van der Waals surface area contributed by atoms with Crippen LogP contribution in [-0.2, 0) is 13.1 Å². The van der Waals surface area contributed by atoms with Crippen molar-refractivity contribution in [2.24, 2.45) is 0 Å². The van der Waals surface area contributed by atoms with E-state index in [0.717, 1.165) is 45.2 Å². The second kappa shape index (κ2) is 5.98. The Hall–Kier alpha value is -2.44. The van der Waals surface area contributed by atoms with E-state index in [1.807, 2.05) is 43.5 Å².